The number of benzene rings is 1. The Morgan fingerprint density at radius 3 is 2.52 bits per heavy atom. The number of Topliss-reactive ketones (excluding diaryl/α,β-unsaturated/α-hetero) is 1. The second-order valence-electron chi connectivity index (χ2n) is 9.45. The van der Waals surface area contributed by atoms with Gasteiger partial charge in [-0.05, 0) is 48.8 Å². The Bertz CT molecular complexity index is 1310. The first-order valence-corrected chi connectivity index (χ1v) is 11.8. The van der Waals surface area contributed by atoms with Gasteiger partial charge in [-0.3, -0.25) is 19.1 Å². The lowest BCUT2D eigenvalue weighted by molar-refractivity contribution is 0.0991. The molecule has 1 aliphatic heterocycles. The maximum Gasteiger partial charge on any atom is 0.171 e. The fourth-order valence-corrected chi connectivity index (χ4v) is 4.94. The van der Waals surface area contributed by atoms with E-state index < -0.39 is 0 Å². The summed E-state index contributed by atoms with van der Waals surface area (Å²) in [7, 11) is 1.91. The quantitative estimate of drug-likeness (QED) is 0.423. The summed E-state index contributed by atoms with van der Waals surface area (Å²) >= 11 is 0. The number of carbonyl (C=O) groups is 1. The van der Waals surface area contributed by atoms with Crippen LogP contribution >= 0.6 is 0 Å². The Labute approximate surface area is 193 Å². The molecule has 0 atom stereocenters. The van der Waals surface area contributed by atoms with Crippen molar-refractivity contribution in [3.63, 3.8) is 0 Å². The molecule has 0 spiro atoms. The Kier molecular flexibility index (Phi) is 5.06. The third kappa shape index (κ3) is 4.20. The van der Waals surface area contributed by atoms with Gasteiger partial charge in [-0.2, -0.15) is 10.2 Å². The van der Waals surface area contributed by atoms with Crippen molar-refractivity contribution >= 4 is 16.6 Å². The lowest BCUT2D eigenvalue weighted by Gasteiger charge is -2.32. The summed E-state index contributed by atoms with van der Waals surface area (Å²) in [4.78, 5) is 20.1. The molecule has 168 valence electrons. The molecule has 4 heterocycles. The molecule has 1 aliphatic carbocycles. The summed E-state index contributed by atoms with van der Waals surface area (Å²) in [5, 5.41) is 10.9. The third-order valence-corrected chi connectivity index (χ3v) is 7.02. The van der Waals surface area contributed by atoms with Crippen LogP contribution in [0.15, 0.2) is 55.2 Å². The number of aromatic nitrogens is 5. The lowest BCUT2D eigenvalue weighted by Crippen LogP contribution is -2.36. The smallest absolute Gasteiger partial charge is 0.171 e. The zero-order valence-electron chi connectivity index (χ0n) is 18.9. The topological polar surface area (TPSA) is 68.8 Å². The average Bonchev–Trinajstić information content (AvgIpc) is 3.40. The molecule has 0 amide bonds. The van der Waals surface area contributed by atoms with Crippen LogP contribution in [0.4, 0.5) is 0 Å². The molecule has 2 aliphatic rings. The number of likely N-dealkylation sites (tertiary alicyclic amines) is 1. The summed E-state index contributed by atoms with van der Waals surface area (Å²) < 4.78 is 3.80. The number of aryl methyl sites for hydroxylation is 1. The van der Waals surface area contributed by atoms with Crippen molar-refractivity contribution < 1.29 is 4.79 Å². The van der Waals surface area contributed by atoms with Crippen molar-refractivity contribution in [1.82, 2.24) is 29.4 Å². The Hall–Kier alpha value is -3.32. The number of hydrogen-bond acceptors (Lipinski definition) is 5. The first-order chi connectivity index (χ1) is 16.1. The number of pyridine rings is 1. The Morgan fingerprint density at radius 1 is 0.909 bits per heavy atom. The number of fused-ring (bicyclic) bond motifs is 1. The number of ketones is 1. The lowest BCUT2D eigenvalue weighted by atomic mass is 10.0. The van der Waals surface area contributed by atoms with Gasteiger partial charge in [0.2, 0.25) is 0 Å². The first-order valence-electron chi connectivity index (χ1n) is 11.8. The predicted molar refractivity (Wildman–Crippen MR) is 127 cm³/mol. The van der Waals surface area contributed by atoms with Gasteiger partial charge >= 0.3 is 0 Å². The second-order valence-corrected chi connectivity index (χ2v) is 9.45. The van der Waals surface area contributed by atoms with Crippen molar-refractivity contribution in [2.45, 2.75) is 44.2 Å². The number of nitrogens with zero attached hydrogens (tertiary/aromatic N) is 6. The molecular weight excluding hydrogens is 412 g/mol. The van der Waals surface area contributed by atoms with Gasteiger partial charge in [-0.1, -0.05) is 12.1 Å². The molecule has 1 aromatic carbocycles. The van der Waals surface area contributed by atoms with Crippen LogP contribution in [0.5, 0.6) is 0 Å². The van der Waals surface area contributed by atoms with E-state index in [1.165, 1.54) is 12.8 Å². The molecule has 7 heteroatoms. The summed E-state index contributed by atoms with van der Waals surface area (Å²) in [6.07, 6.45) is 14.6. The van der Waals surface area contributed by atoms with Gasteiger partial charge in [0.1, 0.15) is 0 Å². The fraction of sp³-hybridized carbons (Fsp3) is 0.385. The first kappa shape index (κ1) is 20.3. The van der Waals surface area contributed by atoms with Crippen LogP contribution in [0.3, 0.4) is 0 Å². The molecule has 7 nitrogen and oxygen atoms in total. The molecule has 33 heavy (non-hydrogen) atoms. The molecule has 1 saturated heterocycles. The number of piperidine rings is 1. The van der Waals surface area contributed by atoms with Gasteiger partial charge in [-0.25, -0.2) is 0 Å². The summed E-state index contributed by atoms with van der Waals surface area (Å²) in [6, 6.07) is 9.52. The van der Waals surface area contributed by atoms with Gasteiger partial charge in [0.05, 0.1) is 30.4 Å². The molecule has 6 rings (SSSR count). The van der Waals surface area contributed by atoms with Crippen LogP contribution in [0.1, 0.15) is 47.8 Å². The maximum absolute atomic E-state index is 13.0. The van der Waals surface area contributed by atoms with E-state index in [0.717, 1.165) is 59.6 Å². The van der Waals surface area contributed by atoms with Gasteiger partial charge in [0.25, 0.3) is 0 Å². The van der Waals surface area contributed by atoms with Crippen molar-refractivity contribution in [3.8, 4) is 11.1 Å². The van der Waals surface area contributed by atoms with Crippen LogP contribution in [0.2, 0.25) is 0 Å². The number of rotatable bonds is 6. The number of hydrogen-bond donors (Lipinski definition) is 0. The van der Waals surface area contributed by atoms with E-state index in [1.54, 1.807) is 10.9 Å². The van der Waals surface area contributed by atoms with Gasteiger partial charge in [0.15, 0.2) is 5.78 Å². The summed E-state index contributed by atoms with van der Waals surface area (Å²) in [5.41, 5.74) is 3.63. The predicted octanol–water partition coefficient (Wildman–Crippen LogP) is 4.06. The molecule has 3 aromatic heterocycles. The van der Waals surface area contributed by atoms with E-state index in [2.05, 4.69) is 38.3 Å². The molecule has 4 aromatic rings. The highest BCUT2D eigenvalue weighted by Gasteiger charge is 2.32. The van der Waals surface area contributed by atoms with E-state index in [4.69, 9.17) is 0 Å². The van der Waals surface area contributed by atoms with Gasteiger partial charge in [0, 0.05) is 61.4 Å². The Balaban J connectivity index is 1.15. The standard InChI is InChI=1S/C26H28N6O/c1-30-16-21(14-28-30)18-2-3-19-13-27-23(11-20(19)10-18)12-26(33)22-15-29-32(17-22)25-6-8-31(9-7-25)24-4-5-24/h2-3,10-11,13-17,24-25H,4-9,12H2,1H3. The minimum Gasteiger partial charge on any atom is -0.300 e. The normalized spacial score (nSPS) is 17.6. The molecule has 0 bridgehead atoms. The molecule has 0 radical (unpaired) electrons. The van der Waals surface area contributed by atoms with Crippen molar-refractivity contribution in [2.75, 3.05) is 13.1 Å². The average molecular weight is 441 g/mol. The minimum absolute atomic E-state index is 0.0620. The fourth-order valence-electron chi connectivity index (χ4n) is 4.94. The van der Waals surface area contributed by atoms with Gasteiger partial charge < -0.3 is 4.90 Å². The van der Waals surface area contributed by atoms with Crippen molar-refractivity contribution in [1.29, 1.82) is 0 Å². The molecule has 1 saturated carbocycles. The van der Waals surface area contributed by atoms with E-state index in [0.29, 0.717) is 11.6 Å². The van der Waals surface area contributed by atoms with Crippen LogP contribution in [-0.4, -0.2) is 54.4 Å². The monoisotopic (exact) mass is 440 g/mol. The molecular formula is C26H28N6O. The largest absolute Gasteiger partial charge is 0.300 e. The third-order valence-electron chi connectivity index (χ3n) is 7.02. The molecule has 0 unspecified atom stereocenters. The van der Waals surface area contributed by atoms with Crippen molar-refractivity contribution in [3.05, 3.63) is 66.5 Å². The molecule has 0 N–H and O–H groups in total. The highest BCUT2D eigenvalue weighted by Crippen LogP contribution is 2.32. The maximum atomic E-state index is 13.0. The molecule has 2 fully saturated rings. The highest BCUT2D eigenvalue weighted by molar-refractivity contribution is 5.97. The SMILES string of the molecule is Cn1cc(-c2ccc3cnc(CC(=O)c4cnn(C5CCN(C6CC6)CC5)c4)cc3c2)cn1. The van der Waals surface area contributed by atoms with E-state index in [9.17, 15) is 4.79 Å². The second kappa shape index (κ2) is 8.23. The van der Waals surface area contributed by atoms with Gasteiger partial charge in [-0.15, -0.1) is 0 Å². The van der Waals surface area contributed by atoms with E-state index in [-0.39, 0.29) is 12.2 Å². The highest BCUT2D eigenvalue weighted by atomic mass is 16.1. The van der Waals surface area contributed by atoms with E-state index in [1.807, 2.05) is 42.6 Å². The summed E-state index contributed by atoms with van der Waals surface area (Å²) in [6.45, 7) is 2.28. The number of carbonyl (C=O) groups excluding carboxylic acids is 1. The van der Waals surface area contributed by atoms with Crippen LogP contribution in [0.25, 0.3) is 21.9 Å². The minimum atomic E-state index is 0.0620. The van der Waals surface area contributed by atoms with Crippen LogP contribution in [0, 0.1) is 0 Å². The van der Waals surface area contributed by atoms with Crippen LogP contribution in [-0.2, 0) is 13.5 Å². The van der Waals surface area contributed by atoms with Crippen molar-refractivity contribution in [2.24, 2.45) is 7.05 Å². The van der Waals surface area contributed by atoms with Crippen LogP contribution < -0.4 is 0 Å². The Morgan fingerprint density at radius 2 is 1.76 bits per heavy atom. The van der Waals surface area contributed by atoms with E-state index >= 15 is 0 Å². The summed E-state index contributed by atoms with van der Waals surface area (Å²) in [5.74, 6) is 0.0620. The zero-order valence-corrected chi connectivity index (χ0v) is 18.9. The zero-order chi connectivity index (χ0) is 22.4.